The van der Waals surface area contributed by atoms with Gasteiger partial charge in [-0.1, -0.05) is 18.2 Å². The summed E-state index contributed by atoms with van der Waals surface area (Å²) < 4.78 is 17.0. The van der Waals surface area contributed by atoms with Crippen LogP contribution in [-0.4, -0.2) is 62.0 Å². The van der Waals surface area contributed by atoms with Crippen LogP contribution >= 0.6 is 0 Å². The van der Waals surface area contributed by atoms with Crippen molar-refractivity contribution in [3.63, 3.8) is 0 Å². The fourth-order valence-corrected chi connectivity index (χ4v) is 5.67. The van der Waals surface area contributed by atoms with Crippen LogP contribution in [0, 0.1) is 5.82 Å². The third kappa shape index (κ3) is 5.00. The predicted molar refractivity (Wildman–Crippen MR) is 156 cm³/mol. The van der Waals surface area contributed by atoms with Crippen molar-refractivity contribution in [1.29, 1.82) is 0 Å². The van der Waals surface area contributed by atoms with Gasteiger partial charge in [0.1, 0.15) is 17.3 Å². The molecule has 0 bridgehead atoms. The van der Waals surface area contributed by atoms with E-state index in [1.165, 1.54) is 15.9 Å². The molecule has 0 unspecified atom stereocenters. The summed E-state index contributed by atoms with van der Waals surface area (Å²) in [5.41, 5.74) is 10.6. The standard InChI is InChI=1S/C31H32FN7O3/c1-37(2)29(41)25-11-17(15-38(25)3)12-26-34-28(36-31(33)35-26)21-5-4-6-24(22(21)16-40)39-10-9-19-13-20(18-7-8-18)14-23(32)27(19)30(39)42/h4-6,11,13-15,18,40H,7-10,12,16H2,1-3H3,(H2,33,34,35,36). The Morgan fingerprint density at radius 2 is 1.95 bits per heavy atom. The zero-order valence-electron chi connectivity index (χ0n) is 23.8. The summed E-state index contributed by atoms with van der Waals surface area (Å²) >= 11 is 0. The van der Waals surface area contributed by atoms with Gasteiger partial charge in [0.05, 0.1) is 17.9 Å². The molecule has 0 radical (unpaired) electrons. The number of aliphatic hydroxyl groups is 1. The molecule has 2 aromatic heterocycles. The minimum Gasteiger partial charge on any atom is -0.392 e. The van der Waals surface area contributed by atoms with Gasteiger partial charge in [-0.25, -0.2) is 9.37 Å². The molecule has 0 saturated heterocycles. The van der Waals surface area contributed by atoms with E-state index in [4.69, 9.17) is 5.73 Å². The Hall–Kier alpha value is -4.64. The highest BCUT2D eigenvalue weighted by Gasteiger charge is 2.33. The van der Waals surface area contributed by atoms with E-state index < -0.39 is 18.3 Å². The third-order valence-corrected chi connectivity index (χ3v) is 7.90. The van der Waals surface area contributed by atoms with Gasteiger partial charge < -0.3 is 25.2 Å². The predicted octanol–water partition coefficient (Wildman–Crippen LogP) is 3.46. The monoisotopic (exact) mass is 569 g/mol. The Balaban J connectivity index is 1.33. The molecule has 4 aromatic rings. The lowest BCUT2D eigenvalue weighted by molar-refractivity contribution is 0.0818. The summed E-state index contributed by atoms with van der Waals surface area (Å²) in [6, 6.07) is 10.5. The maximum absolute atomic E-state index is 15.2. The number of nitrogen functional groups attached to an aromatic ring is 1. The number of aromatic nitrogens is 4. The molecule has 2 aromatic carbocycles. The Morgan fingerprint density at radius 3 is 2.67 bits per heavy atom. The molecule has 216 valence electrons. The maximum atomic E-state index is 15.2. The van der Waals surface area contributed by atoms with Gasteiger partial charge in [-0.3, -0.25) is 9.59 Å². The molecule has 3 N–H and O–H groups in total. The second kappa shape index (κ2) is 10.6. The first-order chi connectivity index (χ1) is 20.1. The lowest BCUT2D eigenvalue weighted by Gasteiger charge is -2.31. The van der Waals surface area contributed by atoms with E-state index in [0.29, 0.717) is 53.6 Å². The van der Waals surface area contributed by atoms with Gasteiger partial charge >= 0.3 is 0 Å². The van der Waals surface area contributed by atoms with Gasteiger partial charge in [0.15, 0.2) is 5.82 Å². The quantitative estimate of drug-likeness (QED) is 0.349. The first-order valence-corrected chi connectivity index (χ1v) is 13.9. The summed E-state index contributed by atoms with van der Waals surface area (Å²) in [6.07, 6.45) is 4.74. The lowest BCUT2D eigenvalue weighted by atomic mass is 9.93. The normalized spacial score (nSPS) is 14.7. The number of nitrogens with zero attached hydrogens (tertiary/aromatic N) is 6. The highest BCUT2D eigenvalue weighted by Crippen LogP contribution is 2.42. The second-order valence-corrected chi connectivity index (χ2v) is 11.1. The maximum Gasteiger partial charge on any atom is 0.269 e. The average molecular weight is 570 g/mol. The summed E-state index contributed by atoms with van der Waals surface area (Å²) in [5, 5.41) is 10.5. The SMILES string of the molecule is CN(C)C(=O)c1cc(Cc2nc(N)nc(-c3cccc(N4CCc5cc(C6CC6)cc(F)c5C4=O)c3CO)n2)cn1C. The van der Waals surface area contributed by atoms with E-state index in [9.17, 15) is 14.7 Å². The molecule has 42 heavy (non-hydrogen) atoms. The Bertz CT molecular complexity index is 1730. The van der Waals surface area contributed by atoms with Crippen LogP contribution < -0.4 is 10.6 Å². The fourth-order valence-electron chi connectivity index (χ4n) is 5.67. The largest absolute Gasteiger partial charge is 0.392 e. The van der Waals surface area contributed by atoms with E-state index in [1.807, 2.05) is 12.3 Å². The molecular formula is C31H32FN7O3. The summed E-state index contributed by atoms with van der Waals surface area (Å²) in [7, 11) is 5.18. The fraction of sp³-hybridized carbons (Fsp3) is 0.323. The van der Waals surface area contributed by atoms with Gasteiger partial charge in [0, 0.05) is 51.4 Å². The molecule has 2 aliphatic rings. The smallest absolute Gasteiger partial charge is 0.269 e. The Labute approximate surface area is 242 Å². The highest BCUT2D eigenvalue weighted by atomic mass is 19.1. The van der Waals surface area contributed by atoms with Crippen LogP contribution in [0.25, 0.3) is 11.4 Å². The number of anilines is 2. The zero-order valence-corrected chi connectivity index (χ0v) is 23.8. The average Bonchev–Trinajstić information content (AvgIpc) is 3.74. The first-order valence-electron chi connectivity index (χ1n) is 13.9. The molecule has 1 saturated carbocycles. The van der Waals surface area contributed by atoms with Gasteiger partial charge in [0.2, 0.25) is 5.95 Å². The van der Waals surface area contributed by atoms with Gasteiger partial charge in [-0.15, -0.1) is 0 Å². The summed E-state index contributed by atoms with van der Waals surface area (Å²) in [5.74, 6) is -0.0454. The molecule has 1 aliphatic heterocycles. The van der Waals surface area contributed by atoms with Crippen LogP contribution in [0.1, 0.15) is 67.7 Å². The molecular weight excluding hydrogens is 537 g/mol. The van der Waals surface area contributed by atoms with Crippen molar-refractivity contribution in [1.82, 2.24) is 24.4 Å². The van der Waals surface area contributed by atoms with Crippen LogP contribution in [0.15, 0.2) is 42.6 Å². The number of nitrogens with two attached hydrogens (primary N) is 1. The van der Waals surface area contributed by atoms with Crippen molar-refractivity contribution in [2.75, 3.05) is 31.3 Å². The molecule has 2 amide bonds. The number of rotatable bonds is 7. The van der Waals surface area contributed by atoms with Gasteiger partial charge in [-0.2, -0.15) is 9.97 Å². The molecule has 0 atom stereocenters. The number of halogens is 1. The van der Waals surface area contributed by atoms with E-state index in [-0.39, 0.29) is 23.2 Å². The minimum absolute atomic E-state index is 0.00123. The minimum atomic E-state index is -0.503. The molecule has 10 nitrogen and oxygen atoms in total. The number of amides is 2. The molecule has 0 spiro atoms. The number of benzene rings is 2. The van der Waals surface area contributed by atoms with Crippen molar-refractivity contribution in [2.45, 2.75) is 38.2 Å². The summed E-state index contributed by atoms with van der Waals surface area (Å²) in [6.45, 7) is -0.0523. The van der Waals surface area contributed by atoms with E-state index in [1.54, 1.807) is 50.0 Å². The number of carbonyl (C=O) groups excluding carboxylic acids is 2. The lowest BCUT2D eigenvalue weighted by Crippen LogP contribution is -2.39. The molecule has 1 aliphatic carbocycles. The number of aryl methyl sites for hydroxylation is 1. The van der Waals surface area contributed by atoms with Crippen LogP contribution in [0.5, 0.6) is 0 Å². The van der Waals surface area contributed by atoms with Crippen molar-refractivity contribution in [3.05, 3.63) is 87.7 Å². The highest BCUT2D eigenvalue weighted by molar-refractivity contribution is 6.09. The number of hydrogen-bond acceptors (Lipinski definition) is 7. The van der Waals surface area contributed by atoms with Gasteiger partial charge in [-0.05, 0) is 60.1 Å². The first kappa shape index (κ1) is 27.5. The molecule has 1 fully saturated rings. The molecule has 3 heterocycles. The van der Waals surface area contributed by atoms with Crippen LogP contribution in [-0.2, 0) is 26.5 Å². The van der Waals surface area contributed by atoms with Gasteiger partial charge in [0.25, 0.3) is 11.8 Å². The number of hydrogen-bond donors (Lipinski definition) is 2. The topological polar surface area (TPSA) is 130 Å². The molecule has 6 rings (SSSR count). The van der Waals surface area contributed by atoms with Crippen molar-refractivity contribution in [2.24, 2.45) is 7.05 Å². The zero-order chi connectivity index (χ0) is 29.7. The summed E-state index contributed by atoms with van der Waals surface area (Å²) in [4.78, 5) is 42.4. The van der Waals surface area contributed by atoms with Crippen LogP contribution in [0.2, 0.25) is 0 Å². The number of fused-ring (bicyclic) bond motifs is 1. The van der Waals surface area contributed by atoms with E-state index >= 15 is 4.39 Å². The van der Waals surface area contributed by atoms with E-state index in [0.717, 1.165) is 29.5 Å². The van der Waals surface area contributed by atoms with Crippen molar-refractivity contribution < 1.29 is 19.1 Å². The van der Waals surface area contributed by atoms with Crippen LogP contribution in [0.3, 0.4) is 0 Å². The second-order valence-electron chi connectivity index (χ2n) is 11.1. The van der Waals surface area contributed by atoms with Crippen molar-refractivity contribution >= 4 is 23.5 Å². The number of carbonyl (C=O) groups is 2. The molecule has 11 heteroatoms. The Morgan fingerprint density at radius 1 is 1.17 bits per heavy atom. The third-order valence-electron chi connectivity index (χ3n) is 7.90. The van der Waals surface area contributed by atoms with Crippen molar-refractivity contribution in [3.8, 4) is 11.4 Å². The van der Waals surface area contributed by atoms with E-state index in [2.05, 4.69) is 15.0 Å². The van der Waals surface area contributed by atoms with Crippen LogP contribution in [0.4, 0.5) is 16.0 Å². The Kier molecular flexibility index (Phi) is 6.97. The number of aliphatic hydroxyl groups excluding tert-OH is 1.